The number of thiophene rings is 1. The van der Waals surface area contributed by atoms with Crippen molar-refractivity contribution in [2.45, 2.75) is 17.4 Å². The summed E-state index contributed by atoms with van der Waals surface area (Å²) in [6.07, 6.45) is 0.274. The minimum atomic E-state index is -0.384. The summed E-state index contributed by atoms with van der Waals surface area (Å²) in [4.78, 5) is 2.14. The molecule has 1 N–H and O–H groups in total. The van der Waals surface area contributed by atoms with Gasteiger partial charge in [0, 0.05) is 21.9 Å². The van der Waals surface area contributed by atoms with Gasteiger partial charge in [-0.15, -0.1) is 23.1 Å². The molecule has 0 saturated carbocycles. The van der Waals surface area contributed by atoms with E-state index in [-0.39, 0.29) is 11.9 Å². The maximum Gasteiger partial charge on any atom is 0.123 e. The van der Waals surface area contributed by atoms with E-state index in [0.717, 1.165) is 13.6 Å². The van der Waals surface area contributed by atoms with E-state index in [1.54, 1.807) is 23.5 Å². The summed E-state index contributed by atoms with van der Waals surface area (Å²) in [6.45, 7) is 0. The summed E-state index contributed by atoms with van der Waals surface area (Å²) < 4.78 is 13.8. The Morgan fingerprint density at radius 1 is 1.22 bits per heavy atom. The summed E-state index contributed by atoms with van der Waals surface area (Å²) in [5.41, 5.74) is 0. The highest BCUT2D eigenvalue weighted by Gasteiger charge is 2.08. The standard InChI is InChI=1S/C13H12BrFOS2/c14-13-6-5-12(18-13)7-10(16)8-17-11-3-1-9(15)2-4-11/h1-6,10,16H,7-8H2. The fraction of sp³-hybridized carbons (Fsp3) is 0.231. The second-order valence-electron chi connectivity index (χ2n) is 3.83. The van der Waals surface area contributed by atoms with E-state index in [9.17, 15) is 9.50 Å². The number of hydrogen-bond donors (Lipinski definition) is 1. The van der Waals surface area contributed by atoms with Crippen molar-refractivity contribution < 1.29 is 9.50 Å². The van der Waals surface area contributed by atoms with Crippen LogP contribution in [0.1, 0.15) is 4.88 Å². The lowest BCUT2D eigenvalue weighted by Crippen LogP contribution is -2.12. The Balaban J connectivity index is 1.81. The maximum atomic E-state index is 12.7. The van der Waals surface area contributed by atoms with Crippen LogP contribution in [-0.2, 0) is 6.42 Å². The number of rotatable bonds is 5. The van der Waals surface area contributed by atoms with Gasteiger partial charge in [-0.3, -0.25) is 0 Å². The van der Waals surface area contributed by atoms with Crippen molar-refractivity contribution in [1.82, 2.24) is 0 Å². The third-order valence-electron chi connectivity index (χ3n) is 2.32. The predicted molar refractivity (Wildman–Crippen MR) is 78.9 cm³/mol. The van der Waals surface area contributed by atoms with Gasteiger partial charge in [-0.2, -0.15) is 0 Å². The fourth-order valence-corrected chi connectivity index (χ4v) is 3.86. The van der Waals surface area contributed by atoms with Crippen molar-refractivity contribution in [3.63, 3.8) is 0 Å². The highest BCUT2D eigenvalue weighted by atomic mass is 79.9. The van der Waals surface area contributed by atoms with Gasteiger partial charge in [-0.05, 0) is 52.3 Å². The van der Waals surface area contributed by atoms with Crippen LogP contribution in [0.3, 0.4) is 0 Å². The minimum absolute atomic E-state index is 0.233. The molecule has 1 aromatic carbocycles. The number of aliphatic hydroxyl groups is 1. The summed E-state index contributed by atoms with van der Waals surface area (Å²) in [5.74, 6) is 0.379. The van der Waals surface area contributed by atoms with Gasteiger partial charge in [0.2, 0.25) is 0 Å². The molecule has 18 heavy (non-hydrogen) atoms. The quantitative estimate of drug-likeness (QED) is 0.812. The van der Waals surface area contributed by atoms with Crippen LogP contribution in [0.4, 0.5) is 4.39 Å². The van der Waals surface area contributed by atoms with E-state index < -0.39 is 0 Å². The van der Waals surface area contributed by atoms with Crippen LogP contribution in [0.15, 0.2) is 45.1 Å². The van der Waals surface area contributed by atoms with Crippen LogP contribution in [0.5, 0.6) is 0 Å². The van der Waals surface area contributed by atoms with Gasteiger partial charge in [0.1, 0.15) is 5.82 Å². The van der Waals surface area contributed by atoms with Gasteiger partial charge in [0.15, 0.2) is 0 Å². The first-order chi connectivity index (χ1) is 8.63. The molecule has 1 atom stereocenters. The third kappa shape index (κ3) is 4.39. The Morgan fingerprint density at radius 2 is 1.94 bits per heavy atom. The van der Waals surface area contributed by atoms with Gasteiger partial charge in [0.25, 0.3) is 0 Å². The Morgan fingerprint density at radius 3 is 2.56 bits per heavy atom. The van der Waals surface area contributed by atoms with E-state index in [1.807, 2.05) is 12.1 Å². The highest BCUT2D eigenvalue weighted by molar-refractivity contribution is 9.11. The molecule has 96 valence electrons. The first-order valence-electron chi connectivity index (χ1n) is 5.44. The van der Waals surface area contributed by atoms with Gasteiger partial charge in [-0.1, -0.05) is 0 Å². The van der Waals surface area contributed by atoms with Crippen LogP contribution in [-0.4, -0.2) is 17.0 Å². The summed E-state index contributed by atoms with van der Waals surface area (Å²) in [5, 5.41) is 9.92. The molecule has 0 spiro atoms. The van der Waals surface area contributed by atoms with Crippen LogP contribution in [0.25, 0.3) is 0 Å². The average molecular weight is 347 g/mol. The van der Waals surface area contributed by atoms with Gasteiger partial charge >= 0.3 is 0 Å². The molecule has 1 heterocycles. The van der Waals surface area contributed by atoms with E-state index in [0.29, 0.717) is 12.2 Å². The molecule has 0 aliphatic rings. The van der Waals surface area contributed by atoms with Crippen molar-refractivity contribution in [2.24, 2.45) is 0 Å². The van der Waals surface area contributed by atoms with E-state index in [2.05, 4.69) is 15.9 Å². The molecule has 5 heteroatoms. The first kappa shape index (κ1) is 14.1. The van der Waals surface area contributed by atoms with Gasteiger partial charge in [0.05, 0.1) is 9.89 Å². The normalized spacial score (nSPS) is 12.6. The van der Waals surface area contributed by atoms with Crippen molar-refractivity contribution in [3.05, 3.63) is 50.9 Å². The maximum absolute atomic E-state index is 12.7. The molecule has 1 unspecified atom stereocenters. The summed E-state index contributed by atoms with van der Waals surface area (Å²) in [7, 11) is 0. The Hall–Kier alpha value is -0.360. The van der Waals surface area contributed by atoms with E-state index in [4.69, 9.17) is 0 Å². The van der Waals surface area contributed by atoms with Crippen molar-refractivity contribution >= 4 is 39.0 Å². The lowest BCUT2D eigenvalue weighted by atomic mass is 10.2. The largest absolute Gasteiger partial charge is 0.392 e. The molecule has 0 aliphatic heterocycles. The minimum Gasteiger partial charge on any atom is -0.392 e. The molecule has 0 amide bonds. The van der Waals surface area contributed by atoms with E-state index >= 15 is 0 Å². The zero-order chi connectivity index (χ0) is 13.0. The number of hydrogen-bond acceptors (Lipinski definition) is 3. The van der Waals surface area contributed by atoms with Crippen LogP contribution in [0.2, 0.25) is 0 Å². The lowest BCUT2D eigenvalue weighted by molar-refractivity contribution is 0.201. The molecule has 0 bridgehead atoms. The third-order valence-corrected chi connectivity index (χ3v) is 5.12. The SMILES string of the molecule is OC(CSc1ccc(F)cc1)Cc1ccc(Br)s1. The van der Waals surface area contributed by atoms with Crippen LogP contribution < -0.4 is 0 Å². The second-order valence-corrected chi connectivity index (χ2v) is 7.47. The first-order valence-corrected chi connectivity index (χ1v) is 8.03. The predicted octanol–water partition coefficient (Wildman–Crippen LogP) is 4.35. The van der Waals surface area contributed by atoms with Crippen molar-refractivity contribution in [3.8, 4) is 0 Å². The summed E-state index contributed by atoms with van der Waals surface area (Å²) in [6, 6.07) is 10.3. The molecule has 0 saturated heterocycles. The zero-order valence-electron chi connectivity index (χ0n) is 9.48. The fourth-order valence-electron chi connectivity index (χ4n) is 1.48. The topological polar surface area (TPSA) is 20.2 Å². The highest BCUT2D eigenvalue weighted by Crippen LogP contribution is 2.25. The van der Waals surface area contributed by atoms with Gasteiger partial charge < -0.3 is 5.11 Å². The monoisotopic (exact) mass is 346 g/mol. The molecular formula is C13H12BrFOS2. The molecule has 1 nitrogen and oxygen atoms in total. The van der Waals surface area contributed by atoms with Crippen LogP contribution >= 0.6 is 39.0 Å². The second kappa shape index (κ2) is 6.70. The molecule has 0 radical (unpaired) electrons. The van der Waals surface area contributed by atoms with Crippen molar-refractivity contribution in [2.75, 3.05) is 5.75 Å². The average Bonchev–Trinajstić information content (AvgIpc) is 2.74. The number of halogens is 2. The van der Waals surface area contributed by atoms with Crippen molar-refractivity contribution in [1.29, 1.82) is 0 Å². The van der Waals surface area contributed by atoms with E-state index in [1.165, 1.54) is 23.9 Å². The smallest absolute Gasteiger partial charge is 0.123 e. The molecular weight excluding hydrogens is 335 g/mol. The molecule has 1 aromatic heterocycles. The molecule has 2 aromatic rings. The Labute approximate surface area is 122 Å². The lowest BCUT2D eigenvalue weighted by Gasteiger charge is -2.08. The van der Waals surface area contributed by atoms with Crippen LogP contribution in [0, 0.1) is 5.82 Å². The number of thioether (sulfide) groups is 1. The zero-order valence-corrected chi connectivity index (χ0v) is 12.7. The molecule has 0 aliphatic carbocycles. The number of benzene rings is 1. The Kier molecular flexibility index (Phi) is 5.24. The number of aliphatic hydroxyl groups excluding tert-OH is 1. The molecule has 2 rings (SSSR count). The Bertz CT molecular complexity index is 498. The van der Waals surface area contributed by atoms with Gasteiger partial charge in [-0.25, -0.2) is 4.39 Å². The summed E-state index contributed by atoms with van der Waals surface area (Å²) >= 11 is 6.58. The molecule has 0 fully saturated rings.